The second kappa shape index (κ2) is 7.70. The highest BCUT2D eigenvalue weighted by molar-refractivity contribution is 5.97. The van der Waals surface area contributed by atoms with Crippen molar-refractivity contribution in [2.75, 3.05) is 7.05 Å². The van der Waals surface area contributed by atoms with E-state index in [9.17, 15) is 14.7 Å². The zero-order valence-electron chi connectivity index (χ0n) is 15.8. The first-order chi connectivity index (χ1) is 12.9. The zero-order chi connectivity index (χ0) is 19.6. The summed E-state index contributed by atoms with van der Waals surface area (Å²) in [4.78, 5) is 25.1. The molecule has 1 fully saturated rings. The number of nitrogens with one attached hydrogen (secondary N) is 2. The molecule has 1 aromatic rings. The molecular weight excluding hydrogens is 344 g/mol. The molecule has 1 heterocycles. The quantitative estimate of drug-likeness (QED) is 0.616. The van der Waals surface area contributed by atoms with Gasteiger partial charge in [0, 0.05) is 7.05 Å². The standard InChI is InChI=1S/C20H28N4O3/c1-13(14-6-4-3-5-7-14)24-20(19(21)27,12-17(23-24)18(26)22-2)15-8-10-16(25)11-9-15/h3-7,12-13,15-16,23,25H,8-11H2,1-2H3,(H2,21,27)(H,22,26)/t13-,15?,16?,20?/m1/s1. The number of likely N-dealkylation sites (N-methyl/N-ethyl adjacent to an activating group) is 1. The highest BCUT2D eigenvalue weighted by atomic mass is 16.3. The molecule has 2 amide bonds. The third kappa shape index (κ3) is 3.44. The molecule has 0 radical (unpaired) electrons. The Morgan fingerprint density at radius 3 is 2.44 bits per heavy atom. The molecule has 5 N–H and O–H groups in total. The molecule has 1 aromatic carbocycles. The molecule has 1 saturated carbocycles. The number of carbonyl (C=O) groups is 2. The molecular formula is C20H28N4O3. The van der Waals surface area contributed by atoms with Crippen LogP contribution >= 0.6 is 0 Å². The summed E-state index contributed by atoms with van der Waals surface area (Å²) in [6.07, 6.45) is 3.91. The Morgan fingerprint density at radius 1 is 1.26 bits per heavy atom. The highest BCUT2D eigenvalue weighted by Crippen LogP contribution is 2.43. The molecule has 1 aliphatic heterocycles. The number of hydrogen-bond acceptors (Lipinski definition) is 5. The molecule has 0 bridgehead atoms. The fraction of sp³-hybridized carbons (Fsp3) is 0.500. The molecule has 1 unspecified atom stereocenters. The van der Waals surface area contributed by atoms with Gasteiger partial charge in [-0.15, -0.1) is 0 Å². The van der Waals surface area contributed by atoms with Crippen molar-refractivity contribution >= 4 is 11.8 Å². The van der Waals surface area contributed by atoms with E-state index in [2.05, 4.69) is 10.7 Å². The van der Waals surface area contributed by atoms with Crippen LogP contribution < -0.4 is 16.5 Å². The van der Waals surface area contributed by atoms with Crippen molar-refractivity contribution in [3.63, 3.8) is 0 Å². The first-order valence-corrected chi connectivity index (χ1v) is 9.44. The predicted molar refractivity (Wildman–Crippen MR) is 102 cm³/mol. The summed E-state index contributed by atoms with van der Waals surface area (Å²) in [5.74, 6) is -0.864. The van der Waals surface area contributed by atoms with Crippen molar-refractivity contribution in [3.8, 4) is 0 Å². The van der Waals surface area contributed by atoms with Crippen LogP contribution in [-0.4, -0.2) is 40.6 Å². The van der Waals surface area contributed by atoms with Crippen LogP contribution in [0.25, 0.3) is 0 Å². The monoisotopic (exact) mass is 372 g/mol. The number of carbonyl (C=O) groups excluding carboxylic acids is 2. The van der Waals surface area contributed by atoms with Crippen LogP contribution in [0.3, 0.4) is 0 Å². The number of rotatable bonds is 5. The minimum atomic E-state index is -1.13. The second-order valence-electron chi connectivity index (χ2n) is 7.40. The smallest absolute Gasteiger partial charge is 0.268 e. The normalized spacial score (nSPS) is 29.5. The molecule has 2 atom stereocenters. The van der Waals surface area contributed by atoms with Crippen molar-refractivity contribution in [2.45, 2.75) is 50.3 Å². The summed E-state index contributed by atoms with van der Waals surface area (Å²) >= 11 is 0. The van der Waals surface area contributed by atoms with Crippen molar-refractivity contribution in [3.05, 3.63) is 47.7 Å². The number of amides is 2. The van der Waals surface area contributed by atoms with Crippen LogP contribution in [0.2, 0.25) is 0 Å². The minimum Gasteiger partial charge on any atom is -0.393 e. The molecule has 0 saturated heterocycles. The lowest BCUT2D eigenvalue weighted by Gasteiger charge is -2.45. The van der Waals surface area contributed by atoms with E-state index >= 15 is 0 Å². The molecule has 7 nitrogen and oxygen atoms in total. The van der Waals surface area contributed by atoms with E-state index < -0.39 is 11.4 Å². The Hall–Kier alpha value is -2.38. The Balaban J connectivity index is 2.04. The number of aliphatic hydroxyl groups excluding tert-OH is 1. The summed E-state index contributed by atoms with van der Waals surface area (Å²) in [5, 5.41) is 14.3. The Labute approximate surface area is 159 Å². The lowest BCUT2D eigenvalue weighted by Crippen LogP contribution is -2.62. The van der Waals surface area contributed by atoms with Gasteiger partial charge in [0.15, 0.2) is 0 Å². The van der Waals surface area contributed by atoms with Crippen molar-refractivity contribution < 1.29 is 14.7 Å². The van der Waals surface area contributed by atoms with Gasteiger partial charge in [0.1, 0.15) is 11.2 Å². The summed E-state index contributed by atoms with van der Waals surface area (Å²) in [6, 6.07) is 9.60. The molecule has 0 aromatic heterocycles. The van der Waals surface area contributed by atoms with Crippen LogP contribution in [0.4, 0.5) is 0 Å². The van der Waals surface area contributed by atoms with Gasteiger partial charge in [-0.3, -0.25) is 9.59 Å². The van der Waals surface area contributed by atoms with Crippen molar-refractivity contribution in [1.29, 1.82) is 0 Å². The van der Waals surface area contributed by atoms with E-state index in [0.717, 1.165) is 5.56 Å². The molecule has 27 heavy (non-hydrogen) atoms. The zero-order valence-corrected chi connectivity index (χ0v) is 15.8. The van der Waals surface area contributed by atoms with Gasteiger partial charge in [0.05, 0.1) is 12.1 Å². The van der Waals surface area contributed by atoms with Gasteiger partial charge in [-0.25, -0.2) is 0 Å². The average molecular weight is 372 g/mol. The van der Waals surface area contributed by atoms with Gasteiger partial charge in [0.2, 0.25) is 5.91 Å². The second-order valence-corrected chi connectivity index (χ2v) is 7.40. The van der Waals surface area contributed by atoms with E-state index in [1.165, 1.54) is 0 Å². The fourth-order valence-electron chi connectivity index (χ4n) is 4.31. The molecule has 7 heteroatoms. The topological polar surface area (TPSA) is 108 Å². The highest BCUT2D eigenvalue weighted by Gasteiger charge is 2.54. The third-order valence-electron chi connectivity index (χ3n) is 5.86. The number of primary amides is 1. The Bertz CT molecular complexity index is 728. The molecule has 2 aliphatic rings. The van der Waals surface area contributed by atoms with E-state index in [0.29, 0.717) is 31.4 Å². The predicted octanol–water partition coefficient (Wildman–Crippen LogP) is 0.973. The number of hydrazine groups is 1. The van der Waals surface area contributed by atoms with Gasteiger partial charge in [0.25, 0.3) is 5.91 Å². The number of benzene rings is 1. The SMILES string of the molecule is CNC(=O)C1=CC(C(N)=O)(C2CCC(O)CC2)N([C@H](C)c2ccccc2)N1. The van der Waals surface area contributed by atoms with Crippen molar-refractivity contribution in [2.24, 2.45) is 11.7 Å². The lowest BCUT2D eigenvalue weighted by molar-refractivity contribution is -0.135. The van der Waals surface area contributed by atoms with E-state index in [1.807, 2.05) is 42.3 Å². The maximum atomic E-state index is 12.8. The van der Waals surface area contributed by atoms with Gasteiger partial charge in [-0.05, 0) is 50.2 Å². The Morgan fingerprint density at radius 2 is 1.89 bits per heavy atom. The molecule has 146 valence electrons. The first-order valence-electron chi connectivity index (χ1n) is 9.44. The van der Waals surface area contributed by atoms with Crippen LogP contribution in [0.1, 0.15) is 44.2 Å². The lowest BCUT2D eigenvalue weighted by atomic mass is 9.72. The first kappa shape index (κ1) is 19.4. The molecule has 0 spiro atoms. The maximum absolute atomic E-state index is 12.8. The summed E-state index contributed by atoms with van der Waals surface area (Å²) < 4.78 is 0. The minimum absolute atomic E-state index is 0.0841. The number of aliphatic hydroxyl groups is 1. The number of nitrogens with zero attached hydrogens (tertiary/aromatic N) is 1. The maximum Gasteiger partial charge on any atom is 0.268 e. The average Bonchev–Trinajstić information content (AvgIpc) is 3.10. The van der Waals surface area contributed by atoms with Crippen molar-refractivity contribution in [1.82, 2.24) is 15.8 Å². The van der Waals surface area contributed by atoms with Gasteiger partial charge in [-0.2, -0.15) is 5.01 Å². The number of hydrogen-bond donors (Lipinski definition) is 4. The third-order valence-corrected chi connectivity index (χ3v) is 5.86. The summed E-state index contributed by atoms with van der Waals surface area (Å²) in [5.41, 5.74) is 9.30. The van der Waals surface area contributed by atoms with Gasteiger partial charge >= 0.3 is 0 Å². The van der Waals surface area contributed by atoms with Crippen LogP contribution in [0.15, 0.2) is 42.1 Å². The Kier molecular flexibility index (Phi) is 5.53. The van der Waals surface area contributed by atoms with Gasteiger partial charge in [-0.1, -0.05) is 30.3 Å². The van der Waals surface area contributed by atoms with Gasteiger partial charge < -0.3 is 21.6 Å². The van der Waals surface area contributed by atoms with E-state index in [1.54, 1.807) is 13.1 Å². The van der Waals surface area contributed by atoms with E-state index in [4.69, 9.17) is 5.73 Å². The van der Waals surface area contributed by atoms with Crippen LogP contribution in [0, 0.1) is 5.92 Å². The summed E-state index contributed by atoms with van der Waals surface area (Å²) in [6.45, 7) is 1.98. The molecule has 3 rings (SSSR count). The largest absolute Gasteiger partial charge is 0.393 e. The van der Waals surface area contributed by atoms with Crippen LogP contribution in [-0.2, 0) is 9.59 Å². The van der Waals surface area contributed by atoms with E-state index in [-0.39, 0.29) is 24.0 Å². The number of nitrogens with two attached hydrogens (primary N) is 1. The van der Waals surface area contributed by atoms with Crippen LogP contribution in [0.5, 0.6) is 0 Å². The fourth-order valence-corrected chi connectivity index (χ4v) is 4.31. The molecule has 1 aliphatic carbocycles. The summed E-state index contributed by atoms with van der Waals surface area (Å²) in [7, 11) is 1.55.